The molecule has 0 radical (unpaired) electrons. The number of benzene rings is 1. The second-order valence-electron chi connectivity index (χ2n) is 3.61. The number of carbonyl (C=O) groups is 2. The van der Waals surface area contributed by atoms with Gasteiger partial charge in [-0.1, -0.05) is 11.6 Å². The second kappa shape index (κ2) is 6.26. The molecule has 1 rings (SSSR count). The summed E-state index contributed by atoms with van der Waals surface area (Å²) in [6.07, 6.45) is -0.199. The highest BCUT2D eigenvalue weighted by Gasteiger charge is 2.15. The predicted molar refractivity (Wildman–Crippen MR) is 68.5 cm³/mol. The van der Waals surface area contributed by atoms with E-state index >= 15 is 0 Å². The Balaban J connectivity index is 3.05. The van der Waals surface area contributed by atoms with Crippen LogP contribution in [0.5, 0.6) is 11.5 Å². The van der Waals surface area contributed by atoms with Gasteiger partial charge in [0.1, 0.15) is 23.0 Å². The summed E-state index contributed by atoms with van der Waals surface area (Å²) in [4.78, 5) is 22.4. The van der Waals surface area contributed by atoms with Gasteiger partial charge in [0.15, 0.2) is 0 Å². The molecule has 1 N–H and O–H groups in total. The first kappa shape index (κ1) is 14.3. The van der Waals surface area contributed by atoms with Gasteiger partial charge in [0.2, 0.25) is 5.91 Å². The van der Waals surface area contributed by atoms with Crippen molar-refractivity contribution in [3.63, 3.8) is 0 Å². The number of hydrogen-bond acceptors (Lipinski definition) is 4. The van der Waals surface area contributed by atoms with Crippen LogP contribution < -0.4 is 14.8 Å². The van der Waals surface area contributed by atoms with Gasteiger partial charge in [0, 0.05) is 17.2 Å². The zero-order valence-corrected chi connectivity index (χ0v) is 11.1. The van der Waals surface area contributed by atoms with Gasteiger partial charge in [-0.15, -0.1) is 0 Å². The zero-order valence-electron chi connectivity index (χ0n) is 10.4. The Hall–Kier alpha value is -1.75. The largest absolute Gasteiger partial charge is 0.494 e. The first-order chi connectivity index (χ1) is 8.47. The summed E-state index contributed by atoms with van der Waals surface area (Å²) >= 11 is 5.87. The van der Waals surface area contributed by atoms with Crippen molar-refractivity contribution in [1.82, 2.24) is 0 Å². The number of halogens is 1. The van der Waals surface area contributed by atoms with Crippen LogP contribution in [0.15, 0.2) is 12.1 Å². The molecule has 0 heterocycles. The number of nitrogens with one attached hydrogen (secondary N) is 1. The van der Waals surface area contributed by atoms with Gasteiger partial charge in [-0.2, -0.15) is 0 Å². The quantitative estimate of drug-likeness (QED) is 0.835. The number of anilines is 1. The molecule has 0 unspecified atom stereocenters. The second-order valence-corrected chi connectivity index (χ2v) is 4.05. The Morgan fingerprint density at radius 1 is 1.22 bits per heavy atom. The van der Waals surface area contributed by atoms with Crippen molar-refractivity contribution in [3.05, 3.63) is 17.2 Å². The number of ketones is 1. The highest BCUT2D eigenvalue weighted by atomic mass is 35.5. The van der Waals surface area contributed by atoms with Crippen LogP contribution in [0.25, 0.3) is 0 Å². The Bertz CT molecular complexity index is 448. The van der Waals surface area contributed by atoms with E-state index in [1.54, 1.807) is 12.1 Å². The van der Waals surface area contributed by atoms with Crippen molar-refractivity contribution in [2.45, 2.75) is 13.3 Å². The zero-order chi connectivity index (χ0) is 13.7. The number of carbonyl (C=O) groups excluding carboxylic acids is 2. The summed E-state index contributed by atoms with van der Waals surface area (Å²) in [7, 11) is 2.90. The minimum Gasteiger partial charge on any atom is -0.494 e. The monoisotopic (exact) mass is 271 g/mol. The third-order valence-electron chi connectivity index (χ3n) is 2.14. The highest BCUT2D eigenvalue weighted by Crippen LogP contribution is 2.37. The van der Waals surface area contributed by atoms with Crippen LogP contribution >= 0.6 is 11.6 Å². The number of methoxy groups -OCH3 is 2. The van der Waals surface area contributed by atoms with E-state index < -0.39 is 5.91 Å². The molecule has 0 aliphatic heterocycles. The van der Waals surface area contributed by atoms with Crippen LogP contribution in [0.4, 0.5) is 5.69 Å². The average Bonchev–Trinajstić information content (AvgIpc) is 2.29. The van der Waals surface area contributed by atoms with Crippen molar-refractivity contribution in [1.29, 1.82) is 0 Å². The van der Waals surface area contributed by atoms with Crippen LogP contribution in [0.3, 0.4) is 0 Å². The SMILES string of the molecule is COc1cc(Cl)cc(OC)c1NC(=O)CC(C)=O. The molecule has 0 saturated carbocycles. The van der Waals surface area contributed by atoms with Gasteiger partial charge in [0.25, 0.3) is 0 Å². The third-order valence-corrected chi connectivity index (χ3v) is 2.36. The third kappa shape index (κ3) is 3.63. The van der Waals surface area contributed by atoms with Gasteiger partial charge in [-0.05, 0) is 6.92 Å². The fraction of sp³-hybridized carbons (Fsp3) is 0.333. The number of Topliss-reactive ketones (excluding diaryl/α,β-unsaturated/α-hetero) is 1. The van der Waals surface area contributed by atoms with Crippen LogP contribution in [-0.4, -0.2) is 25.9 Å². The Kier molecular flexibility index (Phi) is 4.97. The minimum absolute atomic E-state index is 0.199. The molecule has 0 saturated heterocycles. The fourth-order valence-electron chi connectivity index (χ4n) is 1.41. The molecule has 1 aromatic rings. The summed E-state index contributed by atoms with van der Waals surface area (Å²) in [6, 6.07) is 3.10. The molecule has 18 heavy (non-hydrogen) atoms. The van der Waals surface area contributed by atoms with Gasteiger partial charge in [-0.3, -0.25) is 9.59 Å². The summed E-state index contributed by atoms with van der Waals surface area (Å²) in [5.74, 6) is 0.0910. The first-order valence-corrected chi connectivity index (χ1v) is 5.56. The first-order valence-electron chi connectivity index (χ1n) is 5.18. The summed E-state index contributed by atoms with van der Waals surface area (Å²) in [5.41, 5.74) is 0.357. The number of rotatable bonds is 5. The standard InChI is InChI=1S/C12H14ClNO4/c1-7(15)4-11(16)14-12-9(17-2)5-8(13)6-10(12)18-3/h5-6H,4H2,1-3H3,(H,14,16). The van der Waals surface area contributed by atoms with E-state index in [1.807, 2.05) is 0 Å². The van der Waals surface area contributed by atoms with Gasteiger partial charge >= 0.3 is 0 Å². The molecule has 0 bridgehead atoms. The van der Waals surface area contributed by atoms with Crippen molar-refractivity contribution in [2.75, 3.05) is 19.5 Å². The summed E-state index contributed by atoms with van der Waals surface area (Å²) < 4.78 is 10.2. The van der Waals surface area contributed by atoms with E-state index in [2.05, 4.69) is 5.32 Å². The average molecular weight is 272 g/mol. The predicted octanol–water partition coefficient (Wildman–Crippen LogP) is 2.27. The molecule has 0 aromatic heterocycles. The molecule has 0 atom stereocenters. The van der Waals surface area contributed by atoms with Crippen molar-refractivity contribution >= 4 is 29.0 Å². The summed E-state index contributed by atoms with van der Waals surface area (Å²) in [5, 5.41) is 3.00. The smallest absolute Gasteiger partial charge is 0.232 e. The fourth-order valence-corrected chi connectivity index (χ4v) is 1.61. The van der Waals surface area contributed by atoms with Gasteiger partial charge in [0.05, 0.1) is 20.6 Å². The highest BCUT2D eigenvalue weighted by molar-refractivity contribution is 6.31. The number of amides is 1. The topological polar surface area (TPSA) is 64.6 Å². The molecular weight excluding hydrogens is 258 g/mol. The van der Waals surface area contributed by atoms with Crippen LogP contribution in [0.1, 0.15) is 13.3 Å². The molecule has 5 nitrogen and oxygen atoms in total. The van der Waals surface area contributed by atoms with Crippen molar-refractivity contribution < 1.29 is 19.1 Å². The van der Waals surface area contributed by atoms with E-state index in [1.165, 1.54) is 21.1 Å². The van der Waals surface area contributed by atoms with E-state index in [4.69, 9.17) is 21.1 Å². The molecule has 0 aliphatic rings. The van der Waals surface area contributed by atoms with Gasteiger partial charge in [-0.25, -0.2) is 0 Å². The molecule has 0 aliphatic carbocycles. The Morgan fingerprint density at radius 3 is 2.11 bits per heavy atom. The van der Waals surface area contributed by atoms with E-state index in [0.29, 0.717) is 22.2 Å². The normalized spacial score (nSPS) is 9.78. The maximum absolute atomic E-state index is 11.6. The molecule has 1 amide bonds. The van der Waals surface area contributed by atoms with Crippen LogP contribution in [0.2, 0.25) is 5.02 Å². The lowest BCUT2D eigenvalue weighted by Crippen LogP contribution is -2.16. The number of ether oxygens (including phenoxy) is 2. The van der Waals surface area contributed by atoms with E-state index in [9.17, 15) is 9.59 Å². The van der Waals surface area contributed by atoms with Crippen molar-refractivity contribution in [2.24, 2.45) is 0 Å². The molecule has 0 spiro atoms. The van der Waals surface area contributed by atoms with E-state index in [-0.39, 0.29) is 12.2 Å². The lowest BCUT2D eigenvalue weighted by Gasteiger charge is -2.14. The maximum Gasteiger partial charge on any atom is 0.232 e. The molecular formula is C12H14ClNO4. The maximum atomic E-state index is 11.6. The van der Waals surface area contributed by atoms with Crippen molar-refractivity contribution in [3.8, 4) is 11.5 Å². The number of hydrogen-bond donors (Lipinski definition) is 1. The molecule has 1 aromatic carbocycles. The molecule has 6 heteroatoms. The lowest BCUT2D eigenvalue weighted by molar-refractivity contribution is -0.124. The summed E-state index contributed by atoms with van der Waals surface area (Å²) in [6.45, 7) is 1.34. The molecule has 98 valence electrons. The van der Waals surface area contributed by atoms with Crippen LogP contribution in [-0.2, 0) is 9.59 Å². The molecule has 0 fully saturated rings. The van der Waals surface area contributed by atoms with E-state index in [0.717, 1.165) is 0 Å². The Labute approximate surface area is 110 Å². The Morgan fingerprint density at radius 2 is 1.72 bits per heavy atom. The lowest BCUT2D eigenvalue weighted by atomic mass is 10.2. The van der Waals surface area contributed by atoms with Gasteiger partial charge < -0.3 is 14.8 Å². The van der Waals surface area contributed by atoms with Crippen LogP contribution in [0, 0.1) is 0 Å². The minimum atomic E-state index is -0.429.